The number of rotatable bonds is 3. The van der Waals surface area contributed by atoms with Crippen molar-refractivity contribution >= 4 is 11.3 Å². The third-order valence-corrected chi connectivity index (χ3v) is 3.23. The number of hydrogen-bond donors (Lipinski definition) is 0. The van der Waals surface area contributed by atoms with Crippen molar-refractivity contribution in [3.05, 3.63) is 71.4 Å². The summed E-state index contributed by atoms with van der Waals surface area (Å²) < 4.78 is 5.92. The molecule has 1 nitrogen and oxygen atoms in total. The molecule has 87 valence electrons. The van der Waals surface area contributed by atoms with E-state index in [9.17, 15) is 0 Å². The minimum absolute atomic E-state index is 0.847. The standard InChI is InChI=1S/C16H11OS/c1-2-6-14(7-3-1)17-16-9-5-4-8-15(16)13-10-11-18-12-13/h1-11H. The molecular weight excluding hydrogens is 240 g/mol. The lowest BCUT2D eigenvalue weighted by atomic mass is 10.1. The van der Waals surface area contributed by atoms with Crippen LogP contribution in [0.5, 0.6) is 11.5 Å². The second-order valence-corrected chi connectivity index (χ2v) is 4.56. The molecule has 0 saturated heterocycles. The fourth-order valence-electron chi connectivity index (χ4n) is 1.77. The highest BCUT2D eigenvalue weighted by Crippen LogP contribution is 2.33. The predicted molar refractivity (Wildman–Crippen MR) is 75.1 cm³/mol. The second-order valence-electron chi connectivity index (χ2n) is 3.85. The Morgan fingerprint density at radius 3 is 2.39 bits per heavy atom. The molecule has 0 spiro atoms. The molecule has 0 amide bonds. The molecule has 0 saturated carbocycles. The summed E-state index contributed by atoms with van der Waals surface area (Å²) in [5, 5.41) is 5.26. The van der Waals surface area contributed by atoms with Crippen molar-refractivity contribution in [2.24, 2.45) is 0 Å². The summed E-state index contributed by atoms with van der Waals surface area (Å²) in [6, 6.07) is 19.9. The van der Waals surface area contributed by atoms with E-state index >= 15 is 0 Å². The van der Waals surface area contributed by atoms with Crippen molar-refractivity contribution in [2.75, 3.05) is 0 Å². The summed E-state index contributed by atoms with van der Waals surface area (Å²) in [5.41, 5.74) is 2.15. The number of ether oxygens (including phenoxy) is 1. The van der Waals surface area contributed by atoms with Gasteiger partial charge >= 0.3 is 0 Å². The lowest BCUT2D eigenvalue weighted by molar-refractivity contribution is 0.484. The van der Waals surface area contributed by atoms with Gasteiger partial charge < -0.3 is 4.74 Å². The monoisotopic (exact) mass is 251 g/mol. The molecule has 0 N–H and O–H groups in total. The van der Waals surface area contributed by atoms with Crippen LogP contribution in [0, 0.1) is 5.38 Å². The van der Waals surface area contributed by atoms with Gasteiger partial charge in [0.15, 0.2) is 0 Å². The van der Waals surface area contributed by atoms with Crippen LogP contribution in [0.4, 0.5) is 0 Å². The molecule has 2 heteroatoms. The maximum Gasteiger partial charge on any atom is 0.135 e. The van der Waals surface area contributed by atoms with Crippen LogP contribution in [0.25, 0.3) is 11.1 Å². The minimum Gasteiger partial charge on any atom is -0.457 e. The Bertz CT molecular complexity index is 615. The molecule has 3 rings (SSSR count). The molecule has 0 fully saturated rings. The third kappa shape index (κ3) is 2.29. The second kappa shape index (κ2) is 5.07. The average molecular weight is 251 g/mol. The number of benzene rings is 2. The Kier molecular flexibility index (Phi) is 3.11. The third-order valence-electron chi connectivity index (χ3n) is 2.62. The van der Waals surface area contributed by atoms with Crippen LogP contribution in [-0.2, 0) is 0 Å². The van der Waals surface area contributed by atoms with Gasteiger partial charge in [0, 0.05) is 11.1 Å². The quantitative estimate of drug-likeness (QED) is 0.636. The van der Waals surface area contributed by atoms with Crippen molar-refractivity contribution in [1.29, 1.82) is 0 Å². The Balaban J connectivity index is 1.98. The minimum atomic E-state index is 0.847. The molecule has 3 aromatic rings. The SMILES string of the molecule is [c]1sccc1-c1ccccc1Oc1ccccc1. The molecule has 0 atom stereocenters. The zero-order valence-corrected chi connectivity index (χ0v) is 10.5. The molecule has 0 unspecified atom stereocenters. The van der Waals surface area contributed by atoms with Crippen LogP contribution in [-0.4, -0.2) is 0 Å². The zero-order valence-electron chi connectivity index (χ0n) is 9.67. The highest BCUT2D eigenvalue weighted by molar-refractivity contribution is 7.07. The van der Waals surface area contributed by atoms with E-state index in [1.54, 1.807) is 11.3 Å². The lowest BCUT2D eigenvalue weighted by Gasteiger charge is -2.09. The molecule has 0 aliphatic carbocycles. The molecule has 0 aliphatic rings. The Hall–Kier alpha value is -2.06. The molecule has 2 aromatic carbocycles. The van der Waals surface area contributed by atoms with Crippen molar-refractivity contribution in [1.82, 2.24) is 0 Å². The van der Waals surface area contributed by atoms with Gasteiger partial charge in [0.2, 0.25) is 0 Å². The highest BCUT2D eigenvalue weighted by Gasteiger charge is 2.06. The summed E-state index contributed by atoms with van der Waals surface area (Å²) in [7, 11) is 0. The van der Waals surface area contributed by atoms with Gasteiger partial charge in [0.25, 0.3) is 0 Å². The summed E-state index contributed by atoms with van der Waals surface area (Å²) in [6.45, 7) is 0. The Labute approximate surface area is 110 Å². The Morgan fingerprint density at radius 2 is 1.61 bits per heavy atom. The van der Waals surface area contributed by atoms with Gasteiger partial charge in [-0.25, -0.2) is 0 Å². The lowest BCUT2D eigenvalue weighted by Crippen LogP contribution is -1.86. The number of hydrogen-bond acceptors (Lipinski definition) is 2. The van der Waals surface area contributed by atoms with Crippen molar-refractivity contribution in [3.8, 4) is 22.6 Å². The van der Waals surface area contributed by atoms with Crippen LogP contribution in [0.1, 0.15) is 0 Å². The van der Waals surface area contributed by atoms with Crippen LogP contribution < -0.4 is 4.74 Å². The van der Waals surface area contributed by atoms with Crippen molar-refractivity contribution < 1.29 is 4.74 Å². The maximum atomic E-state index is 5.92. The van der Waals surface area contributed by atoms with Gasteiger partial charge in [-0.05, 0) is 29.6 Å². The first-order valence-corrected chi connectivity index (χ1v) is 6.59. The van der Waals surface area contributed by atoms with Crippen molar-refractivity contribution in [3.63, 3.8) is 0 Å². The summed E-state index contributed by atoms with van der Waals surface area (Å²) in [4.78, 5) is 0. The van der Waals surface area contributed by atoms with E-state index in [4.69, 9.17) is 4.74 Å². The molecule has 1 radical (unpaired) electrons. The predicted octanol–water partition coefficient (Wildman–Crippen LogP) is 5.01. The average Bonchev–Trinajstić information content (AvgIpc) is 2.94. The number of thiophene rings is 1. The summed E-state index contributed by atoms with van der Waals surface area (Å²) in [5.74, 6) is 1.71. The molecule has 0 aliphatic heterocycles. The zero-order chi connectivity index (χ0) is 12.2. The van der Waals surface area contributed by atoms with E-state index < -0.39 is 0 Å². The van der Waals surface area contributed by atoms with E-state index in [-0.39, 0.29) is 0 Å². The first-order valence-electron chi connectivity index (χ1n) is 5.71. The molecule has 0 bridgehead atoms. The van der Waals surface area contributed by atoms with Crippen LogP contribution in [0.2, 0.25) is 0 Å². The first-order chi connectivity index (χ1) is 8.93. The Morgan fingerprint density at radius 1 is 0.833 bits per heavy atom. The molecular formula is C16H11OS. The summed E-state index contributed by atoms with van der Waals surface area (Å²) in [6.07, 6.45) is 0. The topological polar surface area (TPSA) is 9.23 Å². The van der Waals surface area contributed by atoms with E-state index in [0.717, 1.165) is 22.6 Å². The fourth-order valence-corrected chi connectivity index (χ4v) is 2.35. The van der Waals surface area contributed by atoms with Crippen molar-refractivity contribution in [2.45, 2.75) is 0 Å². The largest absolute Gasteiger partial charge is 0.457 e. The molecule has 1 heterocycles. The highest BCUT2D eigenvalue weighted by atomic mass is 32.1. The van der Waals surface area contributed by atoms with Crippen LogP contribution >= 0.6 is 11.3 Å². The van der Waals surface area contributed by atoms with Gasteiger partial charge in [-0.15, -0.1) is 11.3 Å². The maximum absolute atomic E-state index is 5.92. The smallest absolute Gasteiger partial charge is 0.135 e. The number of para-hydroxylation sites is 2. The van der Waals surface area contributed by atoms with Gasteiger partial charge in [-0.1, -0.05) is 36.4 Å². The van der Waals surface area contributed by atoms with E-state index in [1.165, 1.54) is 0 Å². The molecule has 1 aromatic heterocycles. The van der Waals surface area contributed by atoms with E-state index in [2.05, 4.69) is 17.5 Å². The van der Waals surface area contributed by atoms with Crippen LogP contribution in [0.3, 0.4) is 0 Å². The molecule has 18 heavy (non-hydrogen) atoms. The van der Waals surface area contributed by atoms with E-state index in [1.807, 2.05) is 53.9 Å². The van der Waals surface area contributed by atoms with E-state index in [0.29, 0.717) is 0 Å². The normalized spacial score (nSPS) is 10.2. The van der Waals surface area contributed by atoms with Gasteiger partial charge in [0.05, 0.1) is 5.38 Å². The first kappa shape index (κ1) is 11.1. The fraction of sp³-hybridized carbons (Fsp3) is 0. The van der Waals surface area contributed by atoms with Gasteiger partial charge in [-0.3, -0.25) is 0 Å². The van der Waals surface area contributed by atoms with Gasteiger partial charge in [0.1, 0.15) is 11.5 Å². The van der Waals surface area contributed by atoms with Crippen LogP contribution in [0.15, 0.2) is 66.0 Å². The van der Waals surface area contributed by atoms with Gasteiger partial charge in [-0.2, -0.15) is 0 Å². The summed E-state index contributed by atoms with van der Waals surface area (Å²) >= 11 is 1.57.